The molecule has 1 aliphatic carbocycles. The quantitative estimate of drug-likeness (QED) is 0.827. The van der Waals surface area contributed by atoms with E-state index in [0.29, 0.717) is 30.3 Å². The van der Waals surface area contributed by atoms with Crippen LogP contribution in [0.2, 0.25) is 0 Å². The summed E-state index contributed by atoms with van der Waals surface area (Å²) in [6.07, 6.45) is 5.22. The van der Waals surface area contributed by atoms with E-state index in [-0.39, 0.29) is 17.7 Å². The van der Waals surface area contributed by atoms with Gasteiger partial charge in [-0.05, 0) is 43.2 Å². The van der Waals surface area contributed by atoms with E-state index in [1.807, 2.05) is 47.4 Å². The summed E-state index contributed by atoms with van der Waals surface area (Å²) in [5.74, 6) is 1.66. The number of hydrogen-bond acceptors (Lipinski definition) is 3. The van der Waals surface area contributed by atoms with Crippen LogP contribution in [0.1, 0.15) is 42.5 Å². The Kier molecular flexibility index (Phi) is 5.60. The first kappa shape index (κ1) is 18.5. The van der Waals surface area contributed by atoms with Crippen molar-refractivity contribution in [2.24, 2.45) is 5.92 Å². The molecule has 1 saturated heterocycles. The summed E-state index contributed by atoms with van der Waals surface area (Å²) in [7, 11) is 0. The molecule has 5 heteroatoms. The van der Waals surface area contributed by atoms with Crippen LogP contribution < -0.4 is 10.1 Å². The van der Waals surface area contributed by atoms with E-state index in [9.17, 15) is 9.59 Å². The maximum atomic E-state index is 12.6. The lowest BCUT2D eigenvalue weighted by Crippen LogP contribution is -2.36. The lowest BCUT2D eigenvalue weighted by atomic mass is 10.1. The molecule has 1 heterocycles. The maximum Gasteiger partial charge on any atom is 0.251 e. The van der Waals surface area contributed by atoms with Crippen LogP contribution >= 0.6 is 0 Å². The van der Waals surface area contributed by atoms with Crippen LogP contribution in [0.15, 0.2) is 54.6 Å². The van der Waals surface area contributed by atoms with Gasteiger partial charge in [0.25, 0.3) is 5.91 Å². The normalized spacial score (nSPS) is 19.8. The number of nitrogens with one attached hydrogen (secondary N) is 1. The summed E-state index contributed by atoms with van der Waals surface area (Å²) >= 11 is 0. The molecule has 0 radical (unpaired) electrons. The molecule has 0 aromatic heterocycles. The predicted octanol–water partition coefficient (Wildman–Crippen LogP) is 4.00. The Hall–Kier alpha value is -2.82. The van der Waals surface area contributed by atoms with Crippen LogP contribution in [0.5, 0.6) is 11.5 Å². The fraction of sp³-hybridized carbons (Fsp3) is 0.391. The van der Waals surface area contributed by atoms with E-state index in [2.05, 4.69) is 5.32 Å². The highest BCUT2D eigenvalue weighted by Gasteiger charge is 2.35. The smallest absolute Gasteiger partial charge is 0.251 e. The Balaban J connectivity index is 1.31. The third kappa shape index (κ3) is 4.35. The van der Waals surface area contributed by atoms with Crippen molar-refractivity contribution in [3.05, 3.63) is 60.2 Å². The maximum absolute atomic E-state index is 12.6. The van der Waals surface area contributed by atoms with E-state index in [1.54, 1.807) is 12.1 Å². The highest BCUT2D eigenvalue weighted by Crippen LogP contribution is 2.29. The molecule has 2 aromatic carbocycles. The van der Waals surface area contributed by atoms with E-state index in [0.717, 1.165) is 25.1 Å². The SMILES string of the molecule is O=C(NCC1CC(=O)N(C2CCCC2)C1)c1cccc(Oc2ccccc2)c1. The Labute approximate surface area is 165 Å². The van der Waals surface area contributed by atoms with Crippen LogP contribution in [-0.2, 0) is 4.79 Å². The van der Waals surface area contributed by atoms with E-state index in [4.69, 9.17) is 4.74 Å². The lowest BCUT2D eigenvalue weighted by Gasteiger charge is -2.24. The minimum absolute atomic E-state index is 0.134. The van der Waals surface area contributed by atoms with Crippen molar-refractivity contribution in [3.63, 3.8) is 0 Å². The zero-order chi connectivity index (χ0) is 19.3. The van der Waals surface area contributed by atoms with Crippen molar-refractivity contribution in [2.45, 2.75) is 38.1 Å². The molecule has 146 valence electrons. The van der Waals surface area contributed by atoms with Crippen molar-refractivity contribution in [1.82, 2.24) is 10.2 Å². The van der Waals surface area contributed by atoms with Crippen LogP contribution in [-0.4, -0.2) is 35.8 Å². The topological polar surface area (TPSA) is 58.6 Å². The summed E-state index contributed by atoms with van der Waals surface area (Å²) in [6.45, 7) is 1.29. The predicted molar refractivity (Wildman–Crippen MR) is 107 cm³/mol. The largest absolute Gasteiger partial charge is 0.457 e. The molecule has 2 aromatic rings. The fourth-order valence-electron chi connectivity index (χ4n) is 4.18. The van der Waals surface area contributed by atoms with Crippen LogP contribution in [0.4, 0.5) is 0 Å². The van der Waals surface area contributed by atoms with Gasteiger partial charge in [-0.2, -0.15) is 0 Å². The lowest BCUT2D eigenvalue weighted by molar-refractivity contribution is -0.129. The number of carbonyl (C=O) groups excluding carboxylic acids is 2. The second-order valence-electron chi connectivity index (χ2n) is 7.71. The molecule has 5 nitrogen and oxygen atoms in total. The number of carbonyl (C=O) groups is 2. The number of likely N-dealkylation sites (tertiary alicyclic amines) is 1. The average Bonchev–Trinajstić information content (AvgIpc) is 3.36. The molecule has 1 N–H and O–H groups in total. The van der Waals surface area contributed by atoms with Crippen molar-refractivity contribution in [1.29, 1.82) is 0 Å². The van der Waals surface area contributed by atoms with E-state index in [1.165, 1.54) is 12.8 Å². The molecule has 1 atom stereocenters. The number of para-hydroxylation sites is 1. The highest BCUT2D eigenvalue weighted by atomic mass is 16.5. The molecule has 28 heavy (non-hydrogen) atoms. The first-order valence-electron chi connectivity index (χ1n) is 10.1. The highest BCUT2D eigenvalue weighted by molar-refractivity contribution is 5.94. The van der Waals surface area contributed by atoms with Gasteiger partial charge in [0.1, 0.15) is 11.5 Å². The number of amides is 2. The molecule has 4 rings (SSSR count). The van der Waals surface area contributed by atoms with Gasteiger partial charge in [-0.25, -0.2) is 0 Å². The second kappa shape index (κ2) is 8.46. The Morgan fingerprint density at radius 1 is 1.04 bits per heavy atom. The number of rotatable bonds is 6. The van der Waals surface area contributed by atoms with Crippen molar-refractivity contribution >= 4 is 11.8 Å². The van der Waals surface area contributed by atoms with Gasteiger partial charge in [0.05, 0.1) is 0 Å². The summed E-state index contributed by atoms with van der Waals surface area (Å²) < 4.78 is 5.80. The molecule has 1 saturated carbocycles. The van der Waals surface area contributed by atoms with E-state index >= 15 is 0 Å². The summed E-state index contributed by atoms with van der Waals surface area (Å²) in [6, 6.07) is 17.1. The average molecular weight is 378 g/mol. The van der Waals surface area contributed by atoms with Gasteiger partial charge in [-0.1, -0.05) is 37.1 Å². The summed E-state index contributed by atoms with van der Waals surface area (Å²) in [5.41, 5.74) is 0.561. The summed E-state index contributed by atoms with van der Waals surface area (Å²) in [4.78, 5) is 26.9. The van der Waals surface area contributed by atoms with Crippen molar-refractivity contribution in [2.75, 3.05) is 13.1 Å². The fourth-order valence-corrected chi connectivity index (χ4v) is 4.18. The zero-order valence-electron chi connectivity index (χ0n) is 16.0. The number of nitrogens with zero attached hydrogens (tertiary/aromatic N) is 1. The van der Waals surface area contributed by atoms with Crippen molar-refractivity contribution < 1.29 is 14.3 Å². The van der Waals surface area contributed by atoms with Crippen LogP contribution in [0.3, 0.4) is 0 Å². The number of benzene rings is 2. The minimum atomic E-state index is -0.134. The third-order valence-electron chi connectivity index (χ3n) is 5.63. The van der Waals surface area contributed by atoms with Gasteiger partial charge in [0, 0.05) is 37.0 Å². The number of hydrogen-bond donors (Lipinski definition) is 1. The molecule has 2 amide bonds. The monoisotopic (exact) mass is 378 g/mol. The second-order valence-corrected chi connectivity index (χ2v) is 7.71. The Morgan fingerprint density at radius 3 is 2.57 bits per heavy atom. The van der Waals surface area contributed by atoms with Crippen LogP contribution in [0.25, 0.3) is 0 Å². The molecular formula is C23H26N2O3. The molecule has 1 unspecified atom stereocenters. The Bertz CT molecular complexity index is 831. The molecule has 2 aliphatic rings. The molecular weight excluding hydrogens is 352 g/mol. The number of ether oxygens (including phenoxy) is 1. The van der Waals surface area contributed by atoms with Gasteiger partial charge >= 0.3 is 0 Å². The molecule has 1 aliphatic heterocycles. The minimum Gasteiger partial charge on any atom is -0.457 e. The van der Waals surface area contributed by atoms with Gasteiger partial charge in [-0.15, -0.1) is 0 Å². The van der Waals surface area contributed by atoms with Gasteiger partial charge in [0.2, 0.25) is 5.91 Å². The molecule has 0 bridgehead atoms. The third-order valence-corrected chi connectivity index (χ3v) is 5.63. The Morgan fingerprint density at radius 2 is 1.79 bits per heavy atom. The molecule has 2 fully saturated rings. The van der Waals surface area contributed by atoms with Crippen LogP contribution in [0, 0.1) is 5.92 Å². The van der Waals surface area contributed by atoms with Gasteiger partial charge in [-0.3, -0.25) is 9.59 Å². The first-order valence-corrected chi connectivity index (χ1v) is 10.1. The zero-order valence-corrected chi connectivity index (χ0v) is 16.0. The standard InChI is InChI=1S/C23H26N2O3/c26-22-13-17(16-25(22)19-8-4-5-9-19)15-24-23(27)18-7-6-12-21(14-18)28-20-10-2-1-3-11-20/h1-3,6-7,10-12,14,17,19H,4-5,8-9,13,15-16H2,(H,24,27). The van der Waals surface area contributed by atoms with Gasteiger partial charge in [0.15, 0.2) is 0 Å². The summed E-state index contributed by atoms with van der Waals surface area (Å²) in [5, 5.41) is 2.99. The van der Waals surface area contributed by atoms with Crippen molar-refractivity contribution in [3.8, 4) is 11.5 Å². The van der Waals surface area contributed by atoms with E-state index < -0.39 is 0 Å². The molecule has 0 spiro atoms. The first-order chi connectivity index (χ1) is 13.7. The van der Waals surface area contributed by atoms with Gasteiger partial charge < -0.3 is 15.0 Å².